The molecular formula is C24H24ClF3N4O. The Bertz CT molecular complexity index is 1070. The summed E-state index contributed by atoms with van der Waals surface area (Å²) in [6.45, 7) is 0.390. The van der Waals surface area contributed by atoms with E-state index in [0.29, 0.717) is 29.1 Å². The SMILES string of the molecule is FC(F)(F)Oc1ccc(CNc2cccc(-c3cc(NC4CCCCC4)ncc3Cl)n2)cc1. The first-order valence-electron chi connectivity index (χ1n) is 10.8. The zero-order valence-electron chi connectivity index (χ0n) is 17.8. The van der Waals surface area contributed by atoms with E-state index < -0.39 is 6.36 Å². The lowest BCUT2D eigenvalue weighted by Gasteiger charge is -2.23. The Morgan fingerprint density at radius 3 is 2.48 bits per heavy atom. The molecule has 3 aromatic rings. The summed E-state index contributed by atoms with van der Waals surface area (Å²) in [5.41, 5.74) is 2.27. The Kier molecular flexibility index (Phi) is 7.23. The molecule has 0 unspecified atom stereocenters. The number of pyridine rings is 2. The Balaban J connectivity index is 1.43. The average Bonchev–Trinajstić information content (AvgIpc) is 2.80. The fourth-order valence-electron chi connectivity index (χ4n) is 3.85. The van der Waals surface area contributed by atoms with Crippen molar-refractivity contribution in [2.24, 2.45) is 0 Å². The van der Waals surface area contributed by atoms with Crippen LogP contribution in [0.25, 0.3) is 11.3 Å². The average molecular weight is 477 g/mol. The summed E-state index contributed by atoms with van der Waals surface area (Å²) in [7, 11) is 0. The summed E-state index contributed by atoms with van der Waals surface area (Å²) in [6.07, 6.45) is 2.95. The highest BCUT2D eigenvalue weighted by Gasteiger charge is 2.30. The van der Waals surface area contributed by atoms with Crippen LogP contribution >= 0.6 is 11.6 Å². The third-order valence-corrected chi connectivity index (χ3v) is 5.77. The number of ether oxygens (including phenoxy) is 1. The van der Waals surface area contributed by atoms with Crippen LogP contribution in [0, 0.1) is 0 Å². The lowest BCUT2D eigenvalue weighted by Crippen LogP contribution is -2.22. The van der Waals surface area contributed by atoms with Crippen LogP contribution in [0.4, 0.5) is 24.8 Å². The van der Waals surface area contributed by atoms with Crippen molar-refractivity contribution in [3.63, 3.8) is 0 Å². The van der Waals surface area contributed by atoms with E-state index in [0.717, 1.165) is 29.8 Å². The highest BCUT2D eigenvalue weighted by atomic mass is 35.5. The van der Waals surface area contributed by atoms with Crippen molar-refractivity contribution in [3.05, 3.63) is 65.3 Å². The van der Waals surface area contributed by atoms with E-state index in [4.69, 9.17) is 11.6 Å². The number of hydrogen-bond acceptors (Lipinski definition) is 5. The molecule has 9 heteroatoms. The molecule has 0 atom stereocenters. The second-order valence-corrected chi connectivity index (χ2v) is 8.39. The van der Waals surface area contributed by atoms with Crippen LogP contribution < -0.4 is 15.4 Å². The minimum atomic E-state index is -4.70. The van der Waals surface area contributed by atoms with Gasteiger partial charge in [0.2, 0.25) is 0 Å². The number of nitrogens with one attached hydrogen (secondary N) is 2. The van der Waals surface area contributed by atoms with E-state index in [1.54, 1.807) is 18.3 Å². The standard InChI is InChI=1S/C24H24ClF3N4O/c25-20-15-30-23(31-17-5-2-1-3-6-17)13-19(20)21-7-4-8-22(32-21)29-14-16-9-11-18(12-10-16)33-24(26,27)28/h4,7-13,15,17H,1-3,5-6,14H2,(H,29,32)(H,30,31). The Hall–Kier alpha value is -3.00. The molecule has 0 spiro atoms. The van der Waals surface area contributed by atoms with Crippen molar-refractivity contribution in [2.45, 2.75) is 51.1 Å². The maximum atomic E-state index is 12.3. The molecule has 1 saturated carbocycles. The van der Waals surface area contributed by atoms with Crippen molar-refractivity contribution < 1.29 is 17.9 Å². The third-order valence-electron chi connectivity index (χ3n) is 5.47. The van der Waals surface area contributed by atoms with Gasteiger partial charge in [0, 0.05) is 24.3 Å². The van der Waals surface area contributed by atoms with Gasteiger partial charge in [-0.25, -0.2) is 9.97 Å². The van der Waals surface area contributed by atoms with E-state index in [9.17, 15) is 13.2 Å². The quantitative estimate of drug-likeness (QED) is 0.382. The minimum absolute atomic E-state index is 0.253. The fraction of sp³-hybridized carbons (Fsp3) is 0.333. The van der Waals surface area contributed by atoms with Crippen LogP contribution in [0.5, 0.6) is 5.75 Å². The molecule has 0 aliphatic heterocycles. The highest BCUT2D eigenvalue weighted by molar-refractivity contribution is 6.33. The van der Waals surface area contributed by atoms with Crippen molar-refractivity contribution in [2.75, 3.05) is 10.6 Å². The van der Waals surface area contributed by atoms with Crippen molar-refractivity contribution >= 4 is 23.2 Å². The first-order chi connectivity index (χ1) is 15.9. The van der Waals surface area contributed by atoms with Gasteiger partial charge in [-0.3, -0.25) is 0 Å². The molecule has 2 aromatic heterocycles. The third kappa shape index (κ3) is 6.74. The summed E-state index contributed by atoms with van der Waals surface area (Å²) in [5.74, 6) is 1.15. The van der Waals surface area contributed by atoms with Gasteiger partial charge in [-0.15, -0.1) is 13.2 Å². The number of halogens is 4. The van der Waals surface area contributed by atoms with E-state index in [1.807, 2.05) is 24.3 Å². The first kappa shape index (κ1) is 23.2. The van der Waals surface area contributed by atoms with Crippen LogP contribution in [0.15, 0.2) is 54.7 Å². The van der Waals surface area contributed by atoms with E-state index >= 15 is 0 Å². The van der Waals surface area contributed by atoms with Crippen LogP contribution in [-0.4, -0.2) is 22.4 Å². The molecule has 2 N–H and O–H groups in total. The smallest absolute Gasteiger partial charge is 0.406 e. The van der Waals surface area contributed by atoms with E-state index in [1.165, 1.54) is 31.4 Å². The molecule has 1 aromatic carbocycles. The summed E-state index contributed by atoms with van der Waals surface area (Å²) in [5, 5.41) is 7.20. The van der Waals surface area contributed by atoms with E-state index in [-0.39, 0.29) is 5.75 Å². The molecule has 0 radical (unpaired) electrons. The fourth-order valence-corrected chi connectivity index (χ4v) is 4.05. The van der Waals surface area contributed by atoms with Gasteiger partial charge in [-0.1, -0.05) is 49.1 Å². The highest BCUT2D eigenvalue weighted by Crippen LogP contribution is 2.30. The lowest BCUT2D eigenvalue weighted by molar-refractivity contribution is -0.274. The van der Waals surface area contributed by atoms with Crippen LogP contribution in [0.2, 0.25) is 5.02 Å². The minimum Gasteiger partial charge on any atom is -0.406 e. The summed E-state index contributed by atoms with van der Waals surface area (Å²) in [4.78, 5) is 9.07. The maximum Gasteiger partial charge on any atom is 0.573 e. The van der Waals surface area contributed by atoms with Crippen LogP contribution in [0.1, 0.15) is 37.7 Å². The van der Waals surface area contributed by atoms with Gasteiger partial charge in [0.05, 0.1) is 10.7 Å². The molecule has 0 saturated heterocycles. The molecule has 0 bridgehead atoms. The van der Waals surface area contributed by atoms with Gasteiger partial charge in [0.15, 0.2) is 0 Å². The van der Waals surface area contributed by atoms with Crippen molar-refractivity contribution in [1.82, 2.24) is 9.97 Å². The number of rotatable bonds is 7. The molecule has 33 heavy (non-hydrogen) atoms. The molecule has 1 aliphatic rings. The Labute approximate surface area is 195 Å². The molecular weight excluding hydrogens is 453 g/mol. The zero-order chi connectivity index (χ0) is 23.3. The van der Waals surface area contributed by atoms with E-state index in [2.05, 4.69) is 25.3 Å². The van der Waals surface area contributed by atoms with Crippen LogP contribution in [-0.2, 0) is 6.54 Å². The number of aromatic nitrogens is 2. The van der Waals surface area contributed by atoms with Gasteiger partial charge < -0.3 is 15.4 Å². The monoisotopic (exact) mass is 476 g/mol. The largest absolute Gasteiger partial charge is 0.573 e. The Morgan fingerprint density at radius 2 is 1.76 bits per heavy atom. The van der Waals surface area contributed by atoms with Crippen molar-refractivity contribution in [1.29, 1.82) is 0 Å². The molecule has 4 rings (SSSR count). The Morgan fingerprint density at radius 1 is 1.00 bits per heavy atom. The second kappa shape index (κ2) is 10.3. The van der Waals surface area contributed by atoms with Gasteiger partial charge in [-0.2, -0.15) is 0 Å². The molecule has 1 fully saturated rings. The zero-order valence-corrected chi connectivity index (χ0v) is 18.6. The number of nitrogens with zero attached hydrogens (tertiary/aromatic N) is 2. The number of alkyl halides is 3. The predicted molar refractivity (Wildman–Crippen MR) is 123 cm³/mol. The van der Waals surface area contributed by atoms with Gasteiger partial charge in [0.25, 0.3) is 0 Å². The van der Waals surface area contributed by atoms with Gasteiger partial charge in [0.1, 0.15) is 17.4 Å². The molecule has 1 aliphatic carbocycles. The molecule has 0 amide bonds. The summed E-state index contributed by atoms with van der Waals surface area (Å²) < 4.78 is 40.8. The number of benzene rings is 1. The second-order valence-electron chi connectivity index (χ2n) is 7.98. The van der Waals surface area contributed by atoms with Gasteiger partial charge >= 0.3 is 6.36 Å². The molecule has 2 heterocycles. The number of anilines is 2. The normalized spacial score (nSPS) is 14.7. The topological polar surface area (TPSA) is 59.1 Å². The van der Waals surface area contributed by atoms with Crippen molar-refractivity contribution in [3.8, 4) is 17.0 Å². The number of hydrogen-bond donors (Lipinski definition) is 2. The first-order valence-corrected chi connectivity index (χ1v) is 11.2. The summed E-state index contributed by atoms with van der Waals surface area (Å²) in [6, 6.07) is 13.6. The molecule has 174 valence electrons. The van der Waals surface area contributed by atoms with Gasteiger partial charge in [-0.05, 0) is 48.7 Å². The lowest BCUT2D eigenvalue weighted by atomic mass is 9.95. The summed E-state index contributed by atoms with van der Waals surface area (Å²) >= 11 is 6.42. The predicted octanol–water partition coefficient (Wildman–Crippen LogP) is 7.05. The van der Waals surface area contributed by atoms with Crippen LogP contribution in [0.3, 0.4) is 0 Å². The maximum absolute atomic E-state index is 12.3. The molecule has 5 nitrogen and oxygen atoms in total.